The zero-order valence-electron chi connectivity index (χ0n) is 23.8. The molecule has 2 aromatic carbocycles. The minimum Gasteiger partial charge on any atom is -0.507 e. The van der Waals surface area contributed by atoms with E-state index in [0.29, 0.717) is 48.2 Å². The van der Waals surface area contributed by atoms with Gasteiger partial charge in [-0.25, -0.2) is 0 Å². The molecule has 4 rings (SSSR count). The molecular formula is C32H41NO7. The van der Waals surface area contributed by atoms with Crippen LogP contribution in [0.25, 0.3) is 5.76 Å². The van der Waals surface area contributed by atoms with E-state index < -0.39 is 17.7 Å². The Bertz CT molecular complexity index is 1180. The van der Waals surface area contributed by atoms with Crippen molar-refractivity contribution in [3.63, 3.8) is 0 Å². The summed E-state index contributed by atoms with van der Waals surface area (Å²) in [5.74, 6) is 0.183. The highest BCUT2D eigenvalue weighted by Gasteiger charge is 2.47. The first-order chi connectivity index (χ1) is 19.5. The quantitative estimate of drug-likeness (QED) is 0.132. The van der Waals surface area contributed by atoms with Crippen LogP contribution in [0.3, 0.4) is 0 Å². The number of aliphatic hydroxyl groups is 1. The third-order valence-corrected chi connectivity index (χ3v) is 7.37. The Labute approximate surface area is 236 Å². The summed E-state index contributed by atoms with van der Waals surface area (Å²) in [7, 11) is 1.56. The van der Waals surface area contributed by atoms with Crippen molar-refractivity contribution in [2.75, 3.05) is 33.5 Å². The van der Waals surface area contributed by atoms with Crippen molar-refractivity contribution in [1.82, 2.24) is 4.90 Å². The summed E-state index contributed by atoms with van der Waals surface area (Å²) in [6.07, 6.45) is 6.63. The lowest BCUT2D eigenvalue weighted by Gasteiger charge is -2.28. The van der Waals surface area contributed by atoms with E-state index in [2.05, 4.69) is 13.8 Å². The summed E-state index contributed by atoms with van der Waals surface area (Å²) in [4.78, 5) is 28.3. The maximum absolute atomic E-state index is 13.4. The van der Waals surface area contributed by atoms with Gasteiger partial charge in [0.25, 0.3) is 11.7 Å². The summed E-state index contributed by atoms with van der Waals surface area (Å²) in [6, 6.07) is 11.5. The number of amides is 1. The molecule has 0 aromatic heterocycles. The Balaban J connectivity index is 1.70. The van der Waals surface area contributed by atoms with Gasteiger partial charge in [0, 0.05) is 18.7 Å². The third kappa shape index (κ3) is 6.78. The monoisotopic (exact) mass is 551 g/mol. The molecule has 0 aliphatic carbocycles. The van der Waals surface area contributed by atoms with E-state index in [0.717, 1.165) is 44.9 Å². The van der Waals surface area contributed by atoms with Crippen molar-refractivity contribution in [3.8, 4) is 17.2 Å². The van der Waals surface area contributed by atoms with Crippen LogP contribution in [0.1, 0.15) is 76.0 Å². The van der Waals surface area contributed by atoms with Gasteiger partial charge in [0.05, 0.1) is 38.0 Å². The number of hydrogen-bond donors (Lipinski definition) is 1. The van der Waals surface area contributed by atoms with Crippen LogP contribution in [0.2, 0.25) is 0 Å². The molecule has 8 heteroatoms. The van der Waals surface area contributed by atoms with Gasteiger partial charge in [0.15, 0.2) is 11.5 Å². The summed E-state index contributed by atoms with van der Waals surface area (Å²) in [5, 5.41) is 11.4. The molecule has 40 heavy (non-hydrogen) atoms. The van der Waals surface area contributed by atoms with Gasteiger partial charge >= 0.3 is 0 Å². The highest BCUT2D eigenvalue weighted by atomic mass is 16.5. The van der Waals surface area contributed by atoms with Crippen molar-refractivity contribution < 1.29 is 33.6 Å². The molecule has 2 aliphatic rings. The number of ether oxygens (including phenoxy) is 4. The number of methoxy groups -OCH3 is 1. The topological polar surface area (TPSA) is 94.5 Å². The van der Waals surface area contributed by atoms with Crippen molar-refractivity contribution in [2.24, 2.45) is 0 Å². The van der Waals surface area contributed by atoms with E-state index in [1.54, 1.807) is 43.5 Å². The summed E-state index contributed by atoms with van der Waals surface area (Å²) < 4.78 is 23.1. The molecule has 2 heterocycles. The number of Topliss-reactive ketones (excluding diaryl/α,β-unsaturated/α-hetero) is 1. The maximum atomic E-state index is 13.4. The molecule has 2 fully saturated rings. The summed E-state index contributed by atoms with van der Waals surface area (Å²) in [5.41, 5.74) is 1.13. The first-order valence-corrected chi connectivity index (χ1v) is 14.4. The van der Waals surface area contributed by atoms with Crippen molar-refractivity contribution >= 4 is 17.4 Å². The molecule has 2 atom stereocenters. The molecule has 216 valence electrons. The minimum atomic E-state index is -0.798. The molecule has 0 bridgehead atoms. The standard InChI is InChI=1S/C32H41NO7/c1-4-6-8-18-40-26-16-13-23(20-27(26)37-3)29-28(31(35)32(36)33(29)21-25-10-9-19-39-25)30(34)22-11-14-24(15-12-22)38-17-7-5-2/h11-16,20,25,29,34H,4-10,17-19,21H2,1-3H3/b30-28-. The molecule has 1 amide bonds. The van der Waals surface area contributed by atoms with Crippen LogP contribution in [-0.2, 0) is 14.3 Å². The molecule has 2 unspecified atom stereocenters. The van der Waals surface area contributed by atoms with Crippen LogP contribution in [0.15, 0.2) is 48.0 Å². The van der Waals surface area contributed by atoms with Gasteiger partial charge < -0.3 is 29.0 Å². The van der Waals surface area contributed by atoms with Crippen LogP contribution < -0.4 is 14.2 Å². The molecule has 0 spiro atoms. The number of likely N-dealkylation sites (tertiary alicyclic amines) is 1. The van der Waals surface area contributed by atoms with Gasteiger partial charge in [-0.2, -0.15) is 0 Å². The van der Waals surface area contributed by atoms with Crippen molar-refractivity contribution in [1.29, 1.82) is 0 Å². The van der Waals surface area contributed by atoms with Crippen LogP contribution >= 0.6 is 0 Å². The van der Waals surface area contributed by atoms with Crippen LogP contribution in [0.4, 0.5) is 0 Å². The fourth-order valence-corrected chi connectivity index (χ4v) is 5.13. The lowest BCUT2D eigenvalue weighted by molar-refractivity contribution is -0.140. The molecule has 2 aliphatic heterocycles. The summed E-state index contributed by atoms with van der Waals surface area (Å²) >= 11 is 0. The number of nitrogens with zero attached hydrogens (tertiary/aromatic N) is 1. The SMILES string of the molecule is CCCCCOc1ccc(C2/C(=C(/O)c3ccc(OCCCC)cc3)C(=O)C(=O)N2CC2CCCO2)cc1OC. The van der Waals surface area contributed by atoms with E-state index in [1.165, 1.54) is 4.90 Å². The number of aliphatic hydroxyl groups excluding tert-OH is 1. The Kier molecular flexibility index (Phi) is 10.5. The molecule has 0 radical (unpaired) electrons. The number of rotatable bonds is 14. The second-order valence-corrected chi connectivity index (χ2v) is 10.3. The zero-order chi connectivity index (χ0) is 28.5. The average Bonchev–Trinajstić information content (AvgIpc) is 3.58. The smallest absolute Gasteiger partial charge is 0.295 e. The second-order valence-electron chi connectivity index (χ2n) is 10.3. The Hall–Kier alpha value is -3.52. The number of unbranched alkanes of at least 4 members (excludes halogenated alkanes) is 3. The van der Waals surface area contributed by atoms with Crippen LogP contribution in [0, 0.1) is 0 Å². The molecule has 1 N–H and O–H groups in total. The minimum absolute atomic E-state index is 0.0429. The first-order valence-electron chi connectivity index (χ1n) is 14.4. The van der Waals surface area contributed by atoms with Gasteiger partial charge in [-0.05, 0) is 67.6 Å². The predicted molar refractivity (Wildman–Crippen MR) is 153 cm³/mol. The number of ketones is 1. The Morgan fingerprint density at radius 3 is 2.40 bits per heavy atom. The fraction of sp³-hybridized carbons (Fsp3) is 0.500. The van der Waals surface area contributed by atoms with Gasteiger partial charge in [0.2, 0.25) is 0 Å². The lowest BCUT2D eigenvalue weighted by atomic mass is 9.94. The van der Waals surface area contributed by atoms with E-state index in [9.17, 15) is 14.7 Å². The highest BCUT2D eigenvalue weighted by molar-refractivity contribution is 6.46. The highest BCUT2D eigenvalue weighted by Crippen LogP contribution is 2.42. The van der Waals surface area contributed by atoms with E-state index >= 15 is 0 Å². The van der Waals surface area contributed by atoms with Gasteiger partial charge in [-0.3, -0.25) is 9.59 Å². The van der Waals surface area contributed by atoms with Gasteiger partial charge in [-0.1, -0.05) is 39.2 Å². The largest absolute Gasteiger partial charge is 0.507 e. The van der Waals surface area contributed by atoms with Gasteiger partial charge in [0.1, 0.15) is 11.5 Å². The van der Waals surface area contributed by atoms with E-state index in [-0.39, 0.29) is 24.0 Å². The average molecular weight is 552 g/mol. The molecular weight excluding hydrogens is 510 g/mol. The van der Waals surface area contributed by atoms with E-state index in [4.69, 9.17) is 18.9 Å². The molecule has 0 saturated carbocycles. The van der Waals surface area contributed by atoms with Crippen molar-refractivity contribution in [2.45, 2.75) is 70.9 Å². The van der Waals surface area contributed by atoms with Gasteiger partial charge in [-0.15, -0.1) is 0 Å². The summed E-state index contributed by atoms with van der Waals surface area (Å²) in [6.45, 7) is 6.30. The first kappa shape index (κ1) is 29.5. The Morgan fingerprint density at radius 1 is 0.975 bits per heavy atom. The second kappa shape index (κ2) is 14.2. The number of hydrogen-bond acceptors (Lipinski definition) is 7. The molecule has 2 aromatic rings. The van der Waals surface area contributed by atoms with Crippen LogP contribution in [0.5, 0.6) is 17.2 Å². The van der Waals surface area contributed by atoms with E-state index in [1.807, 2.05) is 6.07 Å². The fourth-order valence-electron chi connectivity index (χ4n) is 5.13. The zero-order valence-corrected chi connectivity index (χ0v) is 23.8. The maximum Gasteiger partial charge on any atom is 0.295 e. The predicted octanol–water partition coefficient (Wildman–Crippen LogP) is 6.04. The lowest BCUT2D eigenvalue weighted by Crippen LogP contribution is -2.36. The normalized spacial score (nSPS) is 20.2. The number of carbonyl (C=O) groups is 2. The Morgan fingerprint density at radius 2 is 1.73 bits per heavy atom. The number of carbonyl (C=O) groups excluding carboxylic acids is 2. The van der Waals surface area contributed by atoms with Crippen LogP contribution in [-0.4, -0.2) is 61.3 Å². The third-order valence-electron chi connectivity index (χ3n) is 7.37. The number of benzene rings is 2. The van der Waals surface area contributed by atoms with Crippen molar-refractivity contribution in [3.05, 3.63) is 59.2 Å². The molecule has 2 saturated heterocycles. The molecule has 8 nitrogen and oxygen atoms in total.